The van der Waals surface area contributed by atoms with E-state index in [-0.39, 0.29) is 35.6 Å². The third kappa shape index (κ3) is 10.6. The van der Waals surface area contributed by atoms with Gasteiger partial charge in [-0.15, -0.1) is 0 Å². The second-order valence-electron chi connectivity index (χ2n) is 13.3. The molecule has 11 nitrogen and oxygen atoms in total. The Morgan fingerprint density at radius 2 is 1.67 bits per heavy atom. The number of carbonyl (C=O) groups is 1. The number of unbranched alkanes of at least 4 members (excludes halogenated alkanes) is 1. The quantitative estimate of drug-likeness (QED) is 0.128. The topological polar surface area (TPSA) is 133 Å². The molecular formula is C32H50N2O9SSi. The first kappa shape index (κ1) is 36.6. The van der Waals surface area contributed by atoms with Crippen molar-refractivity contribution in [1.82, 2.24) is 9.79 Å². The first-order valence-corrected chi connectivity index (χ1v) is 19.8. The zero-order valence-electron chi connectivity index (χ0n) is 27.8. The van der Waals surface area contributed by atoms with Crippen molar-refractivity contribution in [2.75, 3.05) is 26.6 Å². The number of nitrogens with one attached hydrogen (secondary N) is 1. The van der Waals surface area contributed by atoms with Gasteiger partial charge in [-0.3, -0.25) is 0 Å². The summed E-state index contributed by atoms with van der Waals surface area (Å²) in [6.07, 6.45) is 0.158. The number of benzene rings is 2. The van der Waals surface area contributed by atoms with E-state index >= 15 is 0 Å². The third-order valence-corrected chi connectivity index (χ3v) is 14.1. The Morgan fingerprint density at radius 3 is 2.29 bits per heavy atom. The van der Waals surface area contributed by atoms with Crippen LogP contribution in [0.3, 0.4) is 0 Å². The number of aliphatic hydroxyl groups is 1. The van der Waals surface area contributed by atoms with E-state index in [0.29, 0.717) is 22.6 Å². The van der Waals surface area contributed by atoms with Crippen LogP contribution < -0.4 is 19.5 Å². The van der Waals surface area contributed by atoms with Gasteiger partial charge in [0, 0.05) is 12.7 Å². The largest absolute Gasteiger partial charge is 0.494 e. The Hall–Kier alpha value is -2.84. The maximum atomic E-state index is 13.4. The van der Waals surface area contributed by atoms with Crippen molar-refractivity contribution in [2.24, 2.45) is 5.92 Å². The number of hydroxylamine groups is 1. The minimum absolute atomic E-state index is 0.00241. The molecule has 1 heterocycles. The van der Waals surface area contributed by atoms with Gasteiger partial charge in [0.1, 0.15) is 5.75 Å². The van der Waals surface area contributed by atoms with Crippen LogP contribution in [-0.2, 0) is 25.7 Å². The smallest absolute Gasteiger partial charge is 0.427 e. The van der Waals surface area contributed by atoms with Crippen LogP contribution in [0.1, 0.15) is 59.9 Å². The molecule has 2 aromatic rings. The fourth-order valence-electron chi connectivity index (χ4n) is 4.16. The molecule has 2 N–H and O–H groups in total. The van der Waals surface area contributed by atoms with Gasteiger partial charge in [0.15, 0.2) is 19.8 Å². The molecule has 13 heteroatoms. The first-order chi connectivity index (χ1) is 21.0. The summed E-state index contributed by atoms with van der Waals surface area (Å²) in [7, 11) is -5.96. The van der Waals surface area contributed by atoms with E-state index in [1.807, 2.05) is 24.3 Å². The van der Waals surface area contributed by atoms with Crippen LogP contribution in [0.4, 0.5) is 4.79 Å². The third-order valence-electron chi connectivity index (χ3n) is 7.95. The standard InChI is InChI=1S/C32H50N2O9SSi/c1-23(2)21-34(44(37,38)27-15-16-29-30(20-27)41-22-40-29)43-31(36)33-28(24(3)35)19-25-11-13-26(14-12-25)39-17-9-10-18-42-45(7,8)32(4,5)6/h11-16,20,23-24,28,35H,9-10,17-19,21-22H2,1-8H3,(H,33,36). The van der Waals surface area contributed by atoms with Crippen LogP contribution in [0, 0.1) is 5.92 Å². The van der Waals surface area contributed by atoms with Gasteiger partial charge >= 0.3 is 6.09 Å². The van der Waals surface area contributed by atoms with Crippen molar-refractivity contribution >= 4 is 24.4 Å². The molecule has 0 fully saturated rings. The highest BCUT2D eigenvalue weighted by molar-refractivity contribution is 7.89. The summed E-state index contributed by atoms with van der Waals surface area (Å²) >= 11 is 0. The summed E-state index contributed by atoms with van der Waals surface area (Å²) in [5.74, 6) is 1.31. The molecule has 1 aliphatic heterocycles. The molecule has 45 heavy (non-hydrogen) atoms. The Morgan fingerprint density at radius 1 is 1.02 bits per heavy atom. The number of rotatable bonds is 16. The van der Waals surface area contributed by atoms with Crippen LogP contribution in [0.5, 0.6) is 17.2 Å². The molecule has 0 spiro atoms. The maximum absolute atomic E-state index is 13.4. The van der Waals surface area contributed by atoms with Crippen molar-refractivity contribution in [3.63, 3.8) is 0 Å². The van der Waals surface area contributed by atoms with E-state index < -0.39 is 36.6 Å². The summed E-state index contributed by atoms with van der Waals surface area (Å²) in [6, 6.07) is 10.9. The molecule has 2 aromatic carbocycles. The summed E-state index contributed by atoms with van der Waals surface area (Å²) in [6.45, 7) is 17.6. The first-order valence-electron chi connectivity index (χ1n) is 15.4. The SMILES string of the molecule is CC(C)CN(OC(=O)NC(Cc1ccc(OCCCCO[Si](C)(C)C(C)(C)C)cc1)C(C)O)S(=O)(=O)c1ccc2c(c1)OCO2. The molecule has 3 rings (SSSR count). The normalized spacial score (nSPS) is 14.8. The average molecular weight is 667 g/mol. The van der Waals surface area contributed by atoms with E-state index in [0.717, 1.165) is 30.8 Å². The lowest BCUT2D eigenvalue weighted by Crippen LogP contribution is -2.47. The van der Waals surface area contributed by atoms with Crippen LogP contribution in [0.2, 0.25) is 18.1 Å². The number of ether oxygens (including phenoxy) is 3. The number of sulfonamides is 1. The molecule has 2 atom stereocenters. The van der Waals surface area contributed by atoms with Gasteiger partial charge in [-0.05, 0) is 84.5 Å². The van der Waals surface area contributed by atoms with Gasteiger partial charge in [-0.2, -0.15) is 0 Å². The van der Waals surface area contributed by atoms with Crippen molar-refractivity contribution in [1.29, 1.82) is 0 Å². The fraction of sp³-hybridized carbons (Fsp3) is 0.594. The lowest BCUT2D eigenvalue weighted by molar-refractivity contribution is -0.0323. The summed E-state index contributed by atoms with van der Waals surface area (Å²) in [5.41, 5.74) is 0.850. The Kier molecular flexibility index (Phi) is 12.7. The average Bonchev–Trinajstić information content (AvgIpc) is 3.42. The summed E-state index contributed by atoms with van der Waals surface area (Å²) < 4.78 is 50.2. The van der Waals surface area contributed by atoms with Crippen LogP contribution in [-0.4, -0.2) is 71.1 Å². The Bertz CT molecular complexity index is 1360. The van der Waals surface area contributed by atoms with Gasteiger partial charge < -0.3 is 33.9 Å². The van der Waals surface area contributed by atoms with E-state index in [1.165, 1.54) is 18.2 Å². The lowest BCUT2D eigenvalue weighted by Gasteiger charge is -2.36. The molecule has 1 amide bonds. The van der Waals surface area contributed by atoms with E-state index in [4.69, 9.17) is 23.5 Å². The molecule has 2 unspecified atom stereocenters. The van der Waals surface area contributed by atoms with Gasteiger partial charge in [-0.25, -0.2) is 13.2 Å². The molecule has 0 saturated carbocycles. The minimum Gasteiger partial charge on any atom is -0.494 e. The van der Waals surface area contributed by atoms with E-state index in [1.54, 1.807) is 20.8 Å². The monoisotopic (exact) mass is 666 g/mol. The molecule has 252 valence electrons. The van der Waals surface area contributed by atoms with E-state index in [2.05, 4.69) is 39.2 Å². The molecular weight excluding hydrogens is 617 g/mol. The number of carbonyl (C=O) groups excluding carboxylic acids is 1. The molecule has 0 aliphatic carbocycles. The van der Waals surface area contributed by atoms with Crippen LogP contribution >= 0.6 is 0 Å². The Labute approximate surface area is 269 Å². The second kappa shape index (κ2) is 15.6. The summed E-state index contributed by atoms with van der Waals surface area (Å²) in [5, 5.41) is 13.2. The fourth-order valence-corrected chi connectivity index (χ4v) is 6.64. The Balaban J connectivity index is 1.53. The maximum Gasteiger partial charge on any atom is 0.427 e. The molecule has 0 aromatic heterocycles. The van der Waals surface area contributed by atoms with Crippen LogP contribution in [0.25, 0.3) is 0 Å². The number of hydrogen-bond acceptors (Lipinski definition) is 9. The molecule has 0 bridgehead atoms. The van der Waals surface area contributed by atoms with Crippen molar-refractivity contribution in [3.05, 3.63) is 48.0 Å². The predicted molar refractivity (Wildman–Crippen MR) is 174 cm³/mol. The van der Waals surface area contributed by atoms with Gasteiger partial charge in [0.05, 0.1) is 30.2 Å². The van der Waals surface area contributed by atoms with Crippen molar-refractivity contribution in [3.8, 4) is 17.2 Å². The highest BCUT2D eigenvalue weighted by atomic mass is 32.2. The second-order valence-corrected chi connectivity index (χ2v) is 19.9. The molecule has 1 aliphatic rings. The molecule has 0 saturated heterocycles. The number of nitrogens with zero attached hydrogens (tertiary/aromatic N) is 1. The van der Waals surface area contributed by atoms with E-state index in [9.17, 15) is 18.3 Å². The molecule has 0 radical (unpaired) electrons. The number of hydrogen-bond donors (Lipinski definition) is 2. The minimum atomic E-state index is -4.23. The highest BCUT2D eigenvalue weighted by Gasteiger charge is 2.37. The van der Waals surface area contributed by atoms with Gasteiger partial charge in [-0.1, -0.05) is 46.8 Å². The zero-order chi connectivity index (χ0) is 33.4. The van der Waals surface area contributed by atoms with Gasteiger partial charge in [0.25, 0.3) is 10.0 Å². The van der Waals surface area contributed by atoms with Crippen molar-refractivity contribution < 1.29 is 41.8 Å². The number of aliphatic hydroxyl groups excluding tert-OH is 1. The van der Waals surface area contributed by atoms with Crippen molar-refractivity contribution in [2.45, 2.75) is 96.0 Å². The predicted octanol–water partition coefficient (Wildman–Crippen LogP) is 5.88. The van der Waals surface area contributed by atoms with Gasteiger partial charge in [0.2, 0.25) is 6.79 Å². The number of fused-ring (bicyclic) bond motifs is 1. The zero-order valence-corrected chi connectivity index (χ0v) is 29.6. The summed E-state index contributed by atoms with van der Waals surface area (Å²) in [4.78, 5) is 18.2. The number of amides is 1. The highest BCUT2D eigenvalue weighted by Crippen LogP contribution is 2.37. The van der Waals surface area contributed by atoms with Crippen LogP contribution in [0.15, 0.2) is 47.4 Å². The lowest BCUT2D eigenvalue weighted by atomic mass is 10.0.